The van der Waals surface area contributed by atoms with Gasteiger partial charge in [0.2, 0.25) is 0 Å². The molecule has 2 aliphatic heterocycles. The van der Waals surface area contributed by atoms with Crippen molar-refractivity contribution in [3.63, 3.8) is 0 Å². The normalized spacial score (nSPS) is 24.6. The summed E-state index contributed by atoms with van der Waals surface area (Å²) in [6, 6.07) is 7.19. The second-order valence-corrected chi connectivity index (χ2v) is 6.01. The van der Waals surface area contributed by atoms with Crippen LogP contribution in [-0.2, 0) is 14.3 Å². The molecule has 2 saturated heterocycles. The molecule has 2 unspecified atom stereocenters. The monoisotopic (exact) mass is 319 g/mol. The van der Waals surface area contributed by atoms with Gasteiger partial charge < -0.3 is 19.5 Å². The van der Waals surface area contributed by atoms with Crippen LogP contribution in [0.2, 0.25) is 0 Å². The molecular weight excluding hydrogens is 298 g/mol. The van der Waals surface area contributed by atoms with Gasteiger partial charge in [-0.1, -0.05) is 12.1 Å². The number of carbonyl (C=O) groups excluding carboxylic acids is 1. The van der Waals surface area contributed by atoms with Gasteiger partial charge in [-0.25, -0.2) is 0 Å². The molecule has 1 aromatic rings. The Kier molecular flexibility index (Phi) is 4.93. The fourth-order valence-electron chi connectivity index (χ4n) is 3.18. The summed E-state index contributed by atoms with van der Waals surface area (Å²) in [4.78, 5) is 25.4. The number of aliphatic carboxylic acids is 1. The van der Waals surface area contributed by atoms with Gasteiger partial charge >= 0.3 is 5.97 Å². The Labute approximate surface area is 135 Å². The maximum absolute atomic E-state index is 12.8. The van der Waals surface area contributed by atoms with E-state index in [1.807, 2.05) is 18.2 Å². The Morgan fingerprint density at radius 2 is 2.04 bits per heavy atom. The minimum absolute atomic E-state index is 0.0953. The molecule has 0 radical (unpaired) electrons. The largest absolute Gasteiger partial charge is 0.481 e. The zero-order valence-electron chi connectivity index (χ0n) is 12.9. The van der Waals surface area contributed by atoms with E-state index < -0.39 is 12.0 Å². The van der Waals surface area contributed by atoms with Crippen LogP contribution in [0, 0.1) is 0 Å². The van der Waals surface area contributed by atoms with Gasteiger partial charge in [0.25, 0.3) is 5.91 Å². The summed E-state index contributed by atoms with van der Waals surface area (Å²) in [5, 5.41) is 9.02. The number of hydrogen-bond acceptors (Lipinski definition) is 4. The van der Waals surface area contributed by atoms with Crippen LogP contribution >= 0.6 is 0 Å². The van der Waals surface area contributed by atoms with Crippen molar-refractivity contribution in [2.24, 2.45) is 0 Å². The molecule has 3 rings (SSSR count). The highest BCUT2D eigenvalue weighted by molar-refractivity contribution is 5.95. The van der Waals surface area contributed by atoms with Crippen LogP contribution in [-0.4, -0.2) is 60.9 Å². The lowest BCUT2D eigenvalue weighted by Gasteiger charge is -2.35. The second-order valence-electron chi connectivity index (χ2n) is 6.01. The highest BCUT2D eigenvalue weighted by Crippen LogP contribution is 2.26. The first kappa shape index (κ1) is 16.0. The number of benzene rings is 1. The summed E-state index contributed by atoms with van der Waals surface area (Å²) in [7, 11) is 0. The Balaban J connectivity index is 1.78. The number of ether oxygens (including phenoxy) is 2. The molecule has 2 atom stereocenters. The molecule has 1 aromatic carbocycles. The van der Waals surface area contributed by atoms with Gasteiger partial charge in [-0.2, -0.15) is 0 Å². The van der Waals surface area contributed by atoms with Crippen molar-refractivity contribution in [2.75, 3.05) is 33.0 Å². The molecular formula is C17H21NO5. The highest BCUT2D eigenvalue weighted by Gasteiger charge is 2.30. The second kappa shape index (κ2) is 7.10. The smallest absolute Gasteiger partial charge is 0.305 e. The Morgan fingerprint density at radius 1 is 1.22 bits per heavy atom. The molecule has 0 aromatic heterocycles. The number of nitrogens with zero attached hydrogens (tertiary/aromatic N) is 1. The van der Waals surface area contributed by atoms with E-state index in [0.29, 0.717) is 31.2 Å². The third kappa shape index (κ3) is 3.71. The molecule has 0 bridgehead atoms. The van der Waals surface area contributed by atoms with Crippen molar-refractivity contribution in [3.8, 4) is 0 Å². The number of hydrogen-bond donors (Lipinski definition) is 1. The Hall–Kier alpha value is -1.92. The third-order valence-electron chi connectivity index (χ3n) is 4.43. The van der Waals surface area contributed by atoms with E-state index in [0.717, 1.165) is 18.6 Å². The summed E-state index contributed by atoms with van der Waals surface area (Å²) in [5.74, 6) is -0.710. The van der Waals surface area contributed by atoms with Crippen LogP contribution in [0.1, 0.15) is 34.7 Å². The average molecular weight is 319 g/mol. The lowest BCUT2D eigenvalue weighted by Crippen LogP contribution is -2.49. The van der Waals surface area contributed by atoms with E-state index in [9.17, 15) is 9.59 Å². The highest BCUT2D eigenvalue weighted by atomic mass is 16.5. The third-order valence-corrected chi connectivity index (χ3v) is 4.43. The lowest BCUT2D eigenvalue weighted by molar-refractivity contribution is -0.139. The van der Waals surface area contributed by atoms with E-state index in [1.165, 1.54) is 0 Å². The van der Waals surface area contributed by atoms with Crippen LogP contribution < -0.4 is 0 Å². The minimum Gasteiger partial charge on any atom is -0.481 e. The number of morpholine rings is 1. The summed E-state index contributed by atoms with van der Waals surface area (Å²) in [6.45, 7) is 2.59. The predicted octanol–water partition coefficient (Wildman–Crippen LogP) is 1.51. The standard InChI is InChI=1S/C17H21NO5/c19-16(20)9-15-11-23-7-5-18(15)17(21)13-3-1-2-12(8-13)14-4-6-22-10-14/h1-3,8,14-15H,4-7,9-11H2,(H,19,20). The van der Waals surface area contributed by atoms with Gasteiger partial charge in [0.05, 0.1) is 32.3 Å². The number of carboxylic acid groups (broad SMARTS) is 1. The maximum Gasteiger partial charge on any atom is 0.305 e. The summed E-state index contributed by atoms with van der Waals surface area (Å²) < 4.78 is 10.7. The summed E-state index contributed by atoms with van der Waals surface area (Å²) in [6.07, 6.45) is 0.874. The van der Waals surface area contributed by atoms with Crippen molar-refractivity contribution >= 4 is 11.9 Å². The fourth-order valence-corrected chi connectivity index (χ4v) is 3.18. The first-order valence-electron chi connectivity index (χ1n) is 7.93. The van der Waals surface area contributed by atoms with Crippen molar-refractivity contribution in [3.05, 3.63) is 35.4 Å². The predicted molar refractivity (Wildman–Crippen MR) is 82.5 cm³/mol. The first-order valence-corrected chi connectivity index (χ1v) is 7.93. The van der Waals surface area contributed by atoms with Crippen LogP contribution in [0.25, 0.3) is 0 Å². The minimum atomic E-state index is -0.921. The Morgan fingerprint density at radius 3 is 2.78 bits per heavy atom. The SMILES string of the molecule is O=C(O)CC1COCCN1C(=O)c1cccc(C2CCOC2)c1. The average Bonchev–Trinajstić information content (AvgIpc) is 3.09. The van der Waals surface area contributed by atoms with Crippen LogP contribution in [0.4, 0.5) is 0 Å². The molecule has 23 heavy (non-hydrogen) atoms. The number of rotatable bonds is 4. The van der Waals surface area contributed by atoms with E-state index in [1.54, 1.807) is 11.0 Å². The van der Waals surface area contributed by atoms with Crippen molar-refractivity contribution in [2.45, 2.75) is 24.8 Å². The lowest BCUT2D eigenvalue weighted by atomic mass is 9.96. The molecule has 0 aliphatic carbocycles. The summed E-state index contributed by atoms with van der Waals surface area (Å²) in [5.41, 5.74) is 1.71. The molecule has 124 valence electrons. The van der Waals surface area contributed by atoms with Gasteiger partial charge in [0.1, 0.15) is 0 Å². The molecule has 0 spiro atoms. The Bertz CT molecular complexity index is 582. The zero-order valence-corrected chi connectivity index (χ0v) is 12.9. The van der Waals surface area contributed by atoms with Crippen LogP contribution in [0.5, 0.6) is 0 Å². The van der Waals surface area contributed by atoms with Gasteiger partial charge in [-0.15, -0.1) is 0 Å². The van der Waals surface area contributed by atoms with E-state index in [4.69, 9.17) is 14.6 Å². The molecule has 6 nitrogen and oxygen atoms in total. The molecule has 1 amide bonds. The van der Waals surface area contributed by atoms with E-state index in [-0.39, 0.29) is 18.9 Å². The number of carboxylic acids is 1. The topological polar surface area (TPSA) is 76.1 Å². The van der Waals surface area contributed by atoms with E-state index >= 15 is 0 Å². The quantitative estimate of drug-likeness (QED) is 0.910. The van der Waals surface area contributed by atoms with Crippen molar-refractivity contribution in [1.29, 1.82) is 0 Å². The molecule has 2 heterocycles. The van der Waals surface area contributed by atoms with Gasteiger partial charge in [-0.3, -0.25) is 9.59 Å². The van der Waals surface area contributed by atoms with Crippen molar-refractivity contribution < 1.29 is 24.2 Å². The van der Waals surface area contributed by atoms with Crippen molar-refractivity contribution in [1.82, 2.24) is 4.90 Å². The van der Waals surface area contributed by atoms with Gasteiger partial charge in [-0.05, 0) is 24.1 Å². The van der Waals surface area contributed by atoms with Gasteiger partial charge in [0.15, 0.2) is 0 Å². The zero-order chi connectivity index (χ0) is 16.2. The maximum atomic E-state index is 12.8. The van der Waals surface area contributed by atoms with Gasteiger partial charge in [0, 0.05) is 24.6 Å². The molecule has 0 saturated carbocycles. The number of carbonyl (C=O) groups is 2. The molecule has 1 N–H and O–H groups in total. The van der Waals surface area contributed by atoms with Crippen LogP contribution in [0.15, 0.2) is 24.3 Å². The molecule has 2 aliphatic rings. The fraction of sp³-hybridized carbons (Fsp3) is 0.529. The van der Waals surface area contributed by atoms with E-state index in [2.05, 4.69) is 0 Å². The molecule has 2 fully saturated rings. The summed E-state index contributed by atoms with van der Waals surface area (Å²) >= 11 is 0. The number of amides is 1. The molecule has 6 heteroatoms. The van der Waals surface area contributed by atoms with Crippen LogP contribution in [0.3, 0.4) is 0 Å². The first-order chi connectivity index (χ1) is 11.1.